The third-order valence-electron chi connectivity index (χ3n) is 2.89. The van der Waals surface area contributed by atoms with Crippen molar-refractivity contribution in [3.63, 3.8) is 0 Å². The molecule has 0 spiro atoms. The topological polar surface area (TPSA) is 21.3 Å². The summed E-state index contributed by atoms with van der Waals surface area (Å²) in [5.74, 6) is 0. The van der Waals surface area contributed by atoms with Crippen LogP contribution >= 0.6 is 0 Å². The number of nitrogens with one attached hydrogen (secondary N) is 1. The summed E-state index contributed by atoms with van der Waals surface area (Å²) in [6, 6.07) is 6.59. The molecule has 1 rings (SSSR count). The highest BCUT2D eigenvalue weighted by molar-refractivity contribution is 5.30. The lowest BCUT2D eigenvalue weighted by molar-refractivity contribution is 0.133. The van der Waals surface area contributed by atoms with E-state index in [1.807, 2.05) is 0 Å². The second kappa shape index (κ2) is 8.26. The summed E-state index contributed by atoms with van der Waals surface area (Å²) in [4.78, 5) is 0. The molecule has 0 amide bonds. The molecule has 2 heteroatoms. The molecule has 0 aliphatic carbocycles. The molecule has 0 fully saturated rings. The van der Waals surface area contributed by atoms with E-state index in [1.54, 1.807) is 0 Å². The Morgan fingerprint density at radius 3 is 2.76 bits per heavy atom. The van der Waals surface area contributed by atoms with Crippen molar-refractivity contribution in [1.29, 1.82) is 0 Å². The third kappa shape index (κ3) is 5.85. The van der Waals surface area contributed by atoms with Crippen molar-refractivity contribution in [3.8, 4) is 0 Å². The second-order valence-electron chi connectivity index (χ2n) is 4.57. The van der Waals surface area contributed by atoms with Gasteiger partial charge in [-0.15, -0.1) is 0 Å². The molecule has 0 unspecified atom stereocenters. The van der Waals surface area contributed by atoms with Crippen molar-refractivity contribution in [2.45, 2.75) is 40.2 Å². The minimum atomic E-state index is 0.810. The van der Waals surface area contributed by atoms with Crippen LogP contribution in [0.5, 0.6) is 0 Å². The highest BCUT2D eigenvalue weighted by Crippen LogP contribution is 2.09. The van der Waals surface area contributed by atoms with Crippen molar-refractivity contribution >= 4 is 0 Å². The zero-order valence-electron chi connectivity index (χ0n) is 11.4. The first-order valence-corrected chi connectivity index (χ1v) is 6.58. The summed E-state index contributed by atoms with van der Waals surface area (Å²) in [5.41, 5.74) is 4.07. The molecule has 0 aromatic heterocycles. The molecule has 1 aromatic rings. The largest absolute Gasteiger partial charge is 0.380 e. The number of ether oxygens (including phenoxy) is 1. The zero-order chi connectivity index (χ0) is 12.5. The Bertz CT molecular complexity index is 323. The monoisotopic (exact) mass is 235 g/mol. The summed E-state index contributed by atoms with van der Waals surface area (Å²) in [7, 11) is 0. The van der Waals surface area contributed by atoms with E-state index in [9.17, 15) is 0 Å². The number of unbranched alkanes of at least 4 members (excludes halogenated alkanes) is 1. The molecule has 96 valence electrons. The normalized spacial score (nSPS) is 10.8. The van der Waals surface area contributed by atoms with E-state index in [0.29, 0.717) is 0 Å². The van der Waals surface area contributed by atoms with E-state index in [-0.39, 0.29) is 0 Å². The van der Waals surface area contributed by atoms with Crippen LogP contribution in [0.1, 0.15) is 36.5 Å². The van der Waals surface area contributed by atoms with Gasteiger partial charge in [-0.3, -0.25) is 0 Å². The van der Waals surface area contributed by atoms with Crippen LogP contribution in [0.4, 0.5) is 0 Å². The minimum absolute atomic E-state index is 0.810. The highest BCUT2D eigenvalue weighted by atomic mass is 16.5. The van der Waals surface area contributed by atoms with Crippen LogP contribution in [0.25, 0.3) is 0 Å². The molecule has 0 bridgehead atoms. The molecule has 1 aromatic carbocycles. The van der Waals surface area contributed by atoms with E-state index in [4.69, 9.17) is 4.74 Å². The van der Waals surface area contributed by atoms with E-state index < -0.39 is 0 Å². The molecular weight excluding hydrogens is 210 g/mol. The molecule has 0 atom stereocenters. The number of aryl methyl sites for hydroxylation is 2. The second-order valence-corrected chi connectivity index (χ2v) is 4.57. The molecular formula is C15H25NO. The first-order valence-electron chi connectivity index (χ1n) is 6.58. The van der Waals surface area contributed by atoms with E-state index in [2.05, 4.69) is 44.3 Å². The Morgan fingerprint density at radius 2 is 2.00 bits per heavy atom. The average molecular weight is 235 g/mol. The Hall–Kier alpha value is -0.860. The average Bonchev–Trinajstić information content (AvgIpc) is 2.32. The van der Waals surface area contributed by atoms with Gasteiger partial charge in [0.05, 0.1) is 6.61 Å². The van der Waals surface area contributed by atoms with Gasteiger partial charge in [0.15, 0.2) is 0 Å². The first kappa shape index (κ1) is 14.2. The third-order valence-corrected chi connectivity index (χ3v) is 2.89. The highest BCUT2D eigenvalue weighted by Gasteiger charge is 1.98. The van der Waals surface area contributed by atoms with Gasteiger partial charge in [0.1, 0.15) is 0 Å². The summed E-state index contributed by atoms with van der Waals surface area (Å²) in [6.45, 7) is 10.0. The lowest BCUT2D eigenvalue weighted by atomic mass is 10.1. The summed E-state index contributed by atoms with van der Waals surface area (Å²) in [6.07, 6.45) is 2.37. The number of hydrogen-bond acceptors (Lipinski definition) is 2. The quantitative estimate of drug-likeness (QED) is 0.699. The molecule has 0 radical (unpaired) electrons. The predicted octanol–water partition coefficient (Wildman–Crippen LogP) is 3.21. The molecule has 0 heterocycles. The Kier molecular flexibility index (Phi) is 6.90. The Morgan fingerprint density at radius 1 is 1.18 bits per heavy atom. The van der Waals surface area contributed by atoms with Gasteiger partial charge >= 0.3 is 0 Å². The lowest BCUT2D eigenvalue weighted by Crippen LogP contribution is -2.20. The van der Waals surface area contributed by atoms with Crippen LogP contribution in [0, 0.1) is 13.8 Å². The van der Waals surface area contributed by atoms with Gasteiger partial charge in [-0.25, -0.2) is 0 Å². The molecule has 17 heavy (non-hydrogen) atoms. The first-order chi connectivity index (χ1) is 8.24. The van der Waals surface area contributed by atoms with E-state index in [1.165, 1.54) is 23.1 Å². The van der Waals surface area contributed by atoms with Crippen LogP contribution < -0.4 is 5.32 Å². The molecule has 0 aliphatic heterocycles. The van der Waals surface area contributed by atoms with Gasteiger partial charge < -0.3 is 10.1 Å². The minimum Gasteiger partial charge on any atom is -0.380 e. The number of hydrogen-bond donors (Lipinski definition) is 1. The van der Waals surface area contributed by atoms with Crippen molar-refractivity contribution in [3.05, 3.63) is 34.9 Å². The van der Waals surface area contributed by atoms with E-state index in [0.717, 1.165) is 32.7 Å². The van der Waals surface area contributed by atoms with Crippen molar-refractivity contribution < 1.29 is 4.74 Å². The van der Waals surface area contributed by atoms with Gasteiger partial charge in [0.25, 0.3) is 0 Å². The zero-order valence-corrected chi connectivity index (χ0v) is 11.4. The smallest absolute Gasteiger partial charge is 0.0591 e. The lowest BCUT2D eigenvalue weighted by Gasteiger charge is -2.09. The van der Waals surface area contributed by atoms with Gasteiger partial charge in [-0.2, -0.15) is 0 Å². The van der Waals surface area contributed by atoms with Crippen LogP contribution in [0.2, 0.25) is 0 Å². The molecule has 1 N–H and O–H groups in total. The van der Waals surface area contributed by atoms with Gasteiger partial charge in [-0.05, 0) is 31.4 Å². The Balaban J connectivity index is 2.15. The Labute approximate surface area is 105 Å². The number of benzene rings is 1. The fourth-order valence-corrected chi connectivity index (χ4v) is 1.71. The number of rotatable bonds is 8. The van der Waals surface area contributed by atoms with Crippen LogP contribution in [-0.4, -0.2) is 19.8 Å². The summed E-state index contributed by atoms with van der Waals surface area (Å²) in [5, 5.41) is 3.42. The van der Waals surface area contributed by atoms with Gasteiger partial charge in [0, 0.05) is 19.7 Å². The summed E-state index contributed by atoms with van der Waals surface area (Å²) < 4.78 is 5.50. The van der Waals surface area contributed by atoms with Crippen LogP contribution in [0.3, 0.4) is 0 Å². The molecule has 2 nitrogen and oxygen atoms in total. The van der Waals surface area contributed by atoms with Gasteiger partial charge in [0.2, 0.25) is 0 Å². The van der Waals surface area contributed by atoms with Crippen molar-refractivity contribution in [2.75, 3.05) is 19.8 Å². The molecule has 0 aliphatic rings. The predicted molar refractivity (Wildman–Crippen MR) is 73.3 cm³/mol. The fourth-order valence-electron chi connectivity index (χ4n) is 1.71. The van der Waals surface area contributed by atoms with E-state index >= 15 is 0 Å². The molecule has 0 saturated heterocycles. The maximum Gasteiger partial charge on any atom is 0.0591 e. The van der Waals surface area contributed by atoms with Crippen molar-refractivity contribution in [1.82, 2.24) is 5.32 Å². The summed E-state index contributed by atoms with van der Waals surface area (Å²) >= 11 is 0. The fraction of sp³-hybridized carbons (Fsp3) is 0.600. The van der Waals surface area contributed by atoms with Crippen LogP contribution in [-0.2, 0) is 11.3 Å². The maximum absolute atomic E-state index is 5.50. The van der Waals surface area contributed by atoms with Crippen molar-refractivity contribution in [2.24, 2.45) is 0 Å². The molecule has 0 saturated carbocycles. The standard InChI is InChI=1S/C15H25NO/c1-4-5-9-17-10-8-16-12-15-11-13(2)6-7-14(15)3/h6-7,11,16H,4-5,8-10,12H2,1-3H3. The maximum atomic E-state index is 5.50. The SMILES string of the molecule is CCCCOCCNCc1cc(C)ccc1C. The van der Waals surface area contributed by atoms with Gasteiger partial charge in [-0.1, -0.05) is 37.1 Å². The van der Waals surface area contributed by atoms with Crippen LogP contribution in [0.15, 0.2) is 18.2 Å².